The van der Waals surface area contributed by atoms with Crippen LogP contribution in [-0.4, -0.2) is 44.2 Å². The number of aliphatic imine (C=N–C) groups is 1. The van der Waals surface area contributed by atoms with Crippen molar-refractivity contribution in [2.75, 3.05) is 27.2 Å². The number of fused-ring (bicyclic) bond motifs is 1. The smallest absolute Gasteiger partial charge is 0.191 e. The Balaban J connectivity index is 1.28. The van der Waals surface area contributed by atoms with Gasteiger partial charge in [-0.15, -0.1) is 0 Å². The fraction of sp³-hybridized carbons (Fsp3) is 0.320. The topological polar surface area (TPSA) is 71.3 Å². The van der Waals surface area contributed by atoms with Crippen molar-refractivity contribution in [3.63, 3.8) is 0 Å². The van der Waals surface area contributed by atoms with Crippen LogP contribution in [0.1, 0.15) is 16.9 Å². The fourth-order valence-electron chi connectivity index (χ4n) is 3.67. The number of nitrogens with one attached hydrogen (secondary N) is 2. The van der Waals surface area contributed by atoms with E-state index in [0.717, 1.165) is 36.3 Å². The molecule has 0 spiro atoms. The molecule has 0 fully saturated rings. The molecule has 0 aliphatic carbocycles. The summed E-state index contributed by atoms with van der Waals surface area (Å²) >= 11 is 0. The molecule has 32 heavy (non-hydrogen) atoms. The van der Waals surface area contributed by atoms with E-state index in [1.165, 1.54) is 11.1 Å². The summed E-state index contributed by atoms with van der Waals surface area (Å²) in [5.74, 6) is 3.26. The molecule has 2 N–H and O–H groups in total. The summed E-state index contributed by atoms with van der Waals surface area (Å²) in [6, 6.07) is 20.1. The van der Waals surface area contributed by atoms with Crippen LogP contribution in [0.25, 0.3) is 0 Å². The minimum absolute atomic E-state index is 0.0778. The van der Waals surface area contributed by atoms with Crippen LogP contribution in [0.3, 0.4) is 0 Å². The van der Waals surface area contributed by atoms with Gasteiger partial charge < -0.3 is 24.5 Å². The molecule has 0 radical (unpaired) electrons. The molecule has 2 heterocycles. The van der Waals surface area contributed by atoms with Gasteiger partial charge >= 0.3 is 0 Å². The Morgan fingerprint density at radius 3 is 2.53 bits per heavy atom. The second-order valence-corrected chi connectivity index (χ2v) is 7.82. The first-order valence-corrected chi connectivity index (χ1v) is 10.8. The van der Waals surface area contributed by atoms with Crippen LogP contribution in [0.2, 0.25) is 0 Å². The van der Waals surface area contributed by atoms with E-state index >= 15 is 0 Å². The number of guanidine groups is 1. The largest absolute Gasteiger partial charge is 0.486 e. The van der Waals surface area contributed by atoms with Crippen molar-refractivity contribution in [3.8, 4) is 11.5 Å². The summed E-state index contributed by atoms with van der Waals surface area (Å²) in [5, 5.41) is 6.75. The molecule has 168 valence electrons. The zero-order valence-corrected chi connectivity index (χ0v) is 18.6. The lowest BCUT2D eigenvalue weighted by molar-refractivity contribution is 0.0936. The molecule has 0 saturated carbocycles. The van der Waals surface area contributed by atoms with Gasteiger partial charge in [-0.2, -0.15) is 0 Å². The Labute approximate surface area is 189 Å². The molecule has 1 aliphatic rings. The van der Waals surface area contributed by atoms with Crippen molar-refractivity contribution < 1.29 is 13.9 Å². The highest BCUT2D eigenvalue weighted by atomic mass is 16.6. The van der Waals surface area contributed by atoms with Gasteiger partial charge in [0.1, 0.15) is 18.5 Å². The van der Waals surface area contributed by atoms with E-state index in [9.17, 15) is 0 Å². The molecular weight excluding hydrogens is 404 g/mol. The van der Waals surface area contributed by atoms with Gasteiger partial charge in [-0.1, -0.05) is 36.4 Å². The van der Waals surface area contributed by atoms with Gasteiger partial charge in [-0.25, -0.2) is 0 Å². The SMILES string of the molecule is CN=C(NCc1ccccc1CN(C)Cc1ccco1)NCC1COc2ccccc2O1. The van der Waals surface area contributed by atoms with Crippen molar-refractivity contribution in [1.29, 1.82) is 0 Å². The zero-order chi connectivity index (χ0) is 22.2. The Morgan fingerprint density at radius 2 is 1.75 bits per heavy atom. The van der Waals surface area contributed by atoms with Gasteiger partial charge in [0.15, 0.2) is 17.5 Å². The lowest BCUT2D eigenvalue weighted by Gasteiger charge is -2.27. The molecule has 4 rings (SSSR count). The van der Waals surface area contributed by atoms with E-state index in [4.69, 9.17) is 13.9 Å². The van der Waals surface area contributed by atoms with Crippen LogP contribution < -0.4 is 20.1 Å². The average Bonchev–Trinajstić information content (AvgIpc) is 3.33. The number of rotatable bonds is 8. The fourth-order valence-corrected chi connectivity index (χ4v) is 3.67. The highest BCUT2D eigenvalue weighted by molar-refractivity contribution is 5.79. The van der Waals surface area contributed by atoms with Crippen LogP contribution in [0, 0.1) is 0 Å². The number of nitrogens with zero attached hydrogens (tertiary/aromatic N) is 2. The van der Waals surface area contributed by atoms with E-state index in [-0.39, 0.29) is 6.10 Å². The summed E-state index contributed by atoms with van der Waals surface area (Å²) in [5.41, 5.74) is 2.50. The Bertz CT molecular complexity index is 1020. The Kier molecular flexibility index (Phi) is 7.30. The molecule has 1 aliphatic heterocycles. The first-order valence-electron chi connectivity index (χ1n) is 10.8. The summed E-state index contributed by atoms with van der Waals surface area (Å²) in [6.07, 6.45) is 1.63. The third-order valence-electron chi connectivity index (χ3n) is 5.30. The van der Waals surface area contributed by atoms with Crippen molar-refractivity contribution in [1.82, 2.24) is 15.5 Å². The quantitative estimate of drug-likeness (QED) is 0.418. The van der Waals surface area contributed by atoms with Crippen LogP contribution in [0.15, 0.2) is 76.3 Å². The minimum Gasteiger partial charge on any atom is -0.486 e. The lowest BCUT2D eigenvalue weighted by Crippen LogP contribution is -2.45. The number of hydrogen-bond acceptors (Lipinski definition) is 5. The summed E-state index contributed by atoms with van der Waals surface area (Å²) in [4.78, 5) is 6.59. The van der Waals surface area contributed by atoms with Crippen LogP contribution in [-0.2, 0) is 19.6 Å². The monoisotopic (exact) mass is 434 g/mol. The van der Waals surface area contributed by atoms with E-state index in [1.54, 1.807) is 13.3 Å². The molecule has 3 aromatic rings. The Morgan fingerprint density at radius 1 is 0.969 bits per heavy atom. The van der Waals surface area contributed by atoms with Gasteiger partial charge in [-0.05, 0) is 42.4 Å². The lowest BCUT2D eigenvalue weighted by atomic mass is 10.1. The van der Waals surface area contributed by atoms with Crippen molar-refractivity contribution in [3.05, 3.63) is 83.8 Å². The van der Waals surface area contributed by atoms with Gasteiger partial charge in [0.05, 0.1) is 19.4 Å². The maximum atomic E-state index is 6.01. The van der Waals surface area contributed by atoms with Crippen molar-refractivity contribution >= 4 is 5.96 Å². The molecule has 7 heteroatoms. The average molecular weight is 435 g/mol. The maximum Gasteiger partial charge on any atom is 0.191 e. The van der Waals surface area contributed by atoms with Crippen LogP contribution >= 0.6 is 0 Å². The van der Waals surface area contributed by atoms with Crippen molar-refractivity contribution in [2.45, 2.75) is 25.7 Å². The summed E-state index contributed by atoms with van der Waals surface area (Å²) < 4.78 is 17.3. The predicted octanol–water partition coefficient (Wildman–Crippen LogP) is 3.42. The van der Waals surface area contributed by atoms with Gasteiger partial charge in [-0.3, -0.25) is 9.89 Å². The molecule has 0 amide bonds. The van der Waals surface area contributed by atoms with Gasteiger partial charge in [0.25, 0.3) is 0 Å². The molecule has 0 bridgehead atoms. The van der Waals surface area contributed by atoms with E-state index in [0.29, 0.717) is 19.7 Å². The number of ether oxygens (including phenoxy) is 2. The zero-order valence-electron chi connectivity index (χ0n) is 18.6. The van der Waals surface area contributed by atoms with E-state index in [2.05, 4.69) is 51.8 Å². The maximum absolute atomic E-state index is 6.01. The molecule has 7 nitrogen and oxygen atoms in total. The molecule has 1 unspecified atom stereocenters. The van der Waals surface area contributed by atoms with Crippen molar-refractivity contribution in [2.24, 2.45) is 4.99 Å². The highest BCUT2D eigenvalue weighted by Gasteiger charge is 2.20. The molecule has 2 aromatic carbocycles. The molecule has 1 aromatic heterocycles. The van der Waals surface area contributed by atoms with Gasteiger partial charge in [0, 0.05) is 20.1 Å². The van der Waals surface area contributed by atoms with Gasteiger partial charge in [0.2, 0.25) is 0 Å². The van der Waals surface area contributed by atoms with Crippen LogP contribution in [0.5, 0.6) is 11.5 Å². The molecular formula is C25H30N4O3. The molecule has 0 saturated heterocycles. The summed E-state index contributed by atoms with van der Waals surface area (Å²) in [6.45, 7) is 3.38. The number of hydrogen-bond donors (Lipinski definition) is 2. The second-order valence-electron chi connectivity index (χ2n) is 7.82. The van der Waals surface area contributed by atoms with Crippen LogP contribution in [0.4, 0.5) is 0 Å². The highest BCUT2D eigenvalue weighted by Crippen LogP contribution is 2.30. The molecule has 1 atom stereocenters. The number of furan rings is 1. The normalized spacial score (nSPS) is 15.6. The Hall–Kier alpha value is -3.45. The predicted molar refractivity (Wildman–Crippen MR) is 125 cm³/mol. The third-order valence-corrected chi connectivity index (χ3v) is 5.30. The first-order chi connectivity index (χ1) is 15.7. The minimum atomic E-state index is -0.0778. The first kappa shape index (κ1) is 21.8. The third kappa shape index (κ3) is 5.82. The second kappa shape index (κ2) is 10.7. The summed E-state index contributed by atoms with van der Waals surface area (Å²) in [7, 11) is 3.86. The van der Waals surface area contributed by atoms with E-state index < -0.39 is 0 Å². The number of para-hydroxylation sites is 2. The standard InChI is InChI=1S/C25H30N4O3/c1-26-25(28-15-22-18-31-23-11-5-6-12-24(23)32-22)27-14-19-8-3-4-9-20(19)16-29(2)17-21-10-7-13-30-21/h3-13,22H,14-18H2,1-2H3,(H2,26,27,28). The van der Waals surface area contributed by atoms with E-state index in [1.807, 2.05) is 36.4 Å². The number of benzene rings is 2.